The van der Waals surface area contributed by atoms with Crippen molar-refractivity contribution in [3.63, 3.8) is 0 Å². The normalized spacial score (nSPS) is 17.1. The summed E-state index contributed by atoms with van der Waals surface area (Å²) in [7, 11) is -3.73. The third-order valence-electron chi connectivity index (χ3n) is 6.26. The molecule has 11 nitrogen and oxygen atoms in total. The summed E-state index contributed by atoms with van der Waals surface area (Å²) in [5, 5.41) is 7.11. The van der Waals surface area contributed by atoms with E-state index in [0.29, 0.717) is 0 Å². The number of anilines is 2. The molecule has 1 atom stereocenters. The van der Waals surface area contributed by atoms with Gasteiger partial charge in [0.2, 0.25) is 5.91 Å². The first-order valence-corrected chi connectivity index (χ1v) is 13.0. The number of hydrogen-bond acceptors (Lipinski definition) is 9. The summed E-state index contributed by atoms with van der Waals surface area (Å²) >= 11 is 0. The summed E-state index contributed by atoms with van der Waals surface area (Å²) < 4.78 is 71.4. The molecule has 3 aromatic heterocycles. The van der Waals surface area contributed by atoms with Crippen LogP contribution in [-0.2, 0) is 31.1 Å². The molecule has 1 aliphatic rings. The largest absolute Gasteiger partial charge is 0.383 e. The molecule has 1 aliphatic heterocycles. The number of halogens is 3. The van der Waals surface area contributed by atoms with Gasteiger partial charge in [0.1, 0.15) is 34.8 Å². The zero-order valence-electron chi connectivity index (χ0n) is 20.0. The van der Waals surface area contributed by atoms with Crippen molar-refractivity contribution in [2.75, 3.05) is 23.9 Å². The first-order chi connectivity index (χ1) is 17.9. The van der Waals surface area contributed by atoms with E-state index < -0.39 is 38.9 Å². The quantitative estimate of drug-likeness (QED) is 0.332. The lowest BCUT2D eigenvalue weighted by Gasteiger charge is -2.22. The zero-order chi connectivity index (χ0) is 27.4. The molecule has 15 heteroatoms. The van der Waals surface area contributed by atoms with Crippen molar-refractivity contribution in [1.29, 1.82) is 0 Å². The minimum Gasteiger partial charge on any atom is -0.383 e. The van der Waals surface area contributed by atoms with Crippen LogP contribution in [0.4, 0.5) is 24.8 Å². The van der Waals surface area contributed by atoms with Crippen LogP contribution in [0.1, 0.15) is 24.5 Å². The van der Waals surface area contributed by atoms with E-state index in [-0.39, 0.29) is 64.9 Å². The number of nitrogens with zero attached hydrogens (tertiary/aromatic N) is 5. The van der Waals surface area contributed by atoms with E-state index in [1.807, 2.05) is 0 Å². The van der Waals surface area contributed by atoms with Gasteiger partial charge in [0.05, 0.1) is 42.0 Å². The smallest absolute Gasteiger partial charge is 0.264 e. The van der Waals surface area contributed by atoms with Crippen molar-refractivity contribution in [1.82, 2.24) is 24.7 Å². The van der Waals surface area contributed by atoms with E-state index in [1.54, 1.807) is 6.92 Å². The van der Waals surface area contributed by atoms with Crippen molar-refractivity contribution >= 4 is 38.7 Å². The molecule has 1 amide bonds. The number of aromatic nitrogens is 5. The number of nitrogens with two attached hydrogens (primary N) is 1. The Morgan fingerprint density at radius 3 is 2.58 bits per heavy atom. The average molecular weight is 548 g/mol. The maximum absolute atomic E-state index is 14.3. The maximum atomic E-state index is 14.3. The number of nitrogens with one attached hydrogen (secondary N) is 1. The molecule has 0 aliphatic carbocycles. The summed E-state index contributed by atoms with van der Waals surface area (Å²) in [5.41, 5.74) is 5.02. The summed E-state index contributed by atoms with van der Waals surface area (Å²) in [4.78, 5) is 25.5. The second-order valence-electron chi connectivity index (χ2n) is 8.95. The van der Waals surface area contributed by atoms with Gasteiger partial charge in [-0.2, -0.15) is 13.5 Å². The number of carbonyl (C=O) groups is 1. The SMILES string of the molecule is CC1(CCOS(C)(=O)=O)C(=O)Nc2nc(-c3nn(Cc4c(F)cccc4F)c4ncc(F)cc34)nc(N)c21. The second kappa shape index (κ2) is 9.02. The fraction of sp³-hybridized carbons (Fsp3) is 0.261. The molecule has 198 valence electrons. The Hall–Kier alpha value is -4.11. The van der Waals surface area contributed by atoms with E-state index in [9.17, 15) is 26.4 Å². The van der Waals surface area contributed by atoms with E-state index in [4.69, 9.17) is 9.92 Å². The lowest BCUT2D eigenvalue weighted by Crippen LogP contribution is -2.33. The van der Waals surface area contributed by atoms with Crippen LogP contribution in [0.3, 0.4) is 0 Å². The Morgan fingerprint density at radius 2 is 1.89 bits per heavy atom. The highest BCUT2D eigenvalue weighted by molar-refractivity contribution is 7.85. The number of hydrogen-bond donors (Lipinski definition) is 2. The summed E-state index contributed by atoms with van der Waals surface area (Å²) in [6.45, 7) is 0.907. The Labute approximate surface area is 214 Å². The topological polar surface area (TPSA) is 155 Å². The van der Waals surface area contributed by atoms with Gasteiger partial charge in [0.25, 0.3) is 10.1 Å². The number of nitrogen functional groups attached to an aromatic ring is 1. The van der Waals surface area contributed by atoms with Gasteiger partial charge in [-0.25, -0.2) is 32.8 Å². The van der Waals surface area contributed by atoms with Crippen molar-refractivity contribution in [3.05, 3.63) is 59.0 Å². The number of rotatable bonds is 7. The molecular formula is C23H20F3N7O4S. The standard InChI is InChI=1S/C23H20F3N7O4S/c1-23(6-7-37-38(2,35)36)16-18(27)29-20(30-19(16)31-22(23)34)17-12-8-11(24)9-28-21(12)33(32-17)10-13-14(25)4-3-5-15(13)26/h3-5,8-9H,6-7,10H2,1-2H3,(H3,27,29,30,31,34). The highest BCUT2D eigenvalue weighted by Crippen LogP contribution is 2.43. The fourth-order valence-corrected chi connectivity index (χ4v) is 4.74. The van der Waals surface area contributed by atoms with Gasteiger partial charge in [-0.1, -0.05) is 6.07 Å². The average Bonchev–Trinajstić information content (AvgIpc) is 3.29. The van der Waals surface area contributed by atoms with Crippen LogP contribution in [0.2, 0.25) is 0 Å². The lowest BCUT2D eigenvalue weighted by molar-refractivity contribution is -0.120. The van der Waals surface area contributed by atoms with Crippen molar-refractivity contribution in [2.24, 2.45) is 0 Å². The monoisotopic (exact) mass is 547 g/mol. The fourth-order valence-electron chi connectivity index (χ4n) is 4.36. The Kier molecular flexibility index (Phi) is 6.06. The van der Waals surface area contributed by atoms with Crippen LogP contribution in [0.5, 0.6) is 0 Å². The predicted octanol–water partition coefficient (Wildman–Crippen LogP) is 2.51. The maximum Gasteiger partial charge on any atom is 0.264 e. The first-order valence-electron chi connectivity index (χ1n) is 11.2. The van der Waals surface area contributed by atoms with Crippen molar-refractivity contribution < 1.29 is 30.6 Å². The van der Waals surface area contributed by atoms with Gasteiger partial charge in [0.15, 0.2) is 11.5 Å². The number of fused-ring (bicyclic) bond motifs is 2. The highest BCUT2D eigenvalue weighted by Gasteiger charge is 2.46. The van der Waals surface area contributed by atoms with Gasteiger partial charge < -0.3 is 11.1 Å². The molecule has 0 spiro atoms. The molecule has 0 saturated carbocycles. The highest BCUT2D eigenvalue weighted by atomic mass is 32.2. The van der Waals surface area contributed by atoms with Gasteiger partial charge in [-0.3, -0.25) is 8.98 Å². The van der Waals surface area contributed by atoms with Crippen LogP contribution in [-0.4, -0.2) is 51.9 Å². The molecule has 0 radical (unpaired) electrons. The number of amides is 1. The number of pyridine rings is 1. The van der Waals surface area contributed by atoms with Crippen LogP contribution in [0, 0.1) is 17.5 Å². The molecule has 0 bridgehead atoms. The summed E-state index contributed by atoms with van der Waals surface area (Å²) in [6.07, 6.45) is 1.79. The van der Waals surface area contributed by atoms with Gasteiger partial charge in [-0.05, 0) is 31.5 Å². The Morgan fingerprint density at radius 1 is 1.18 bits per heavy atom. The van der Waals surface area contributed by atoms with E-state index in [2.05, 4.69) is 25.4 Å². The predicted molar refractivity (Wildman–Crippen MR) is 130 cm³/mol. The molecule has 38 heavy (non-hydrogen) atoms. The van der Waals surface area contributed by atoms with E-state index in [1.165, 1.54) is 10.7 Å². The van der Waals surface area contributed by atoms with Crippen LogP contribution < -0.4 is 11.1 Å². The summed E-state index contributed by atoms with van der Waals surface area (Å²) in [5.74, 6) is -2.92. The zero-order valence-corrected chi connectivity index (χ0v) is 20.8. The Balaban J connectivity index is 1.59. The molecule has 4 heterocycles. The first kappa shape index (κ1) is 25.5. The van der Waals surface area contributed by atoms with Gasteiger partial charge in [-0.15, -0.1) is 0 Å². The van der Waals surface area contributed by atoms with E-state index in [0.717, 1.165) is 30.7 Å². The number of carbonyl (C=O) groups excluding carboxylic acids is 1. The molecular weight excluding hydrogens is 527 g/mol. The molecule has 5 rings (SSSR count). The third-order valence-corrected chi connectivity index (χ3v) is 6.85. The van der Waals surface area contributed by atoms with Crippen LogP contribution >= 0.6 is 0 Å². The molecule has 0 saturated heterocycles. The Bertz CT molecular complexity index is 1710. The summed E-state index contributed by atoms with van der Waals surface area (Å²) in [6, 6.07) is 4.55. The lowest BCUT2D eigenvalue weighted by atomic mass is 9.81. The second-order valence-corrected chi connectivity index (χ2v) is 10.6. The third kappa shape index (κ3) is 4.43. The minimum absolute atomic E-state index is 0.0153. The molecule has 3 N–H and O–H groups in total. The van der Waals surface area contributed by atoms with Crippen molar-refractivity contribution in [2.45, 2.75) is 25.3 Å². The van der Waals surface area contributed by atoms with Gasteiger partial charge >= 0.3 is 0 Å². The minimum atomic E-state index is -3.73. The molecule has 0 fully saturated rings. The van der Waals surface area contributed by atoms with Crippen LogP contribution in [0.25, 0.3) is 22.6 Å². The van der Waals surface area contributed by atoms with Gasteiger partial charge in [0, 0.05) is 5.56 Å². The van der Waals surface area contributed by atoms with E-state index >= 15 is 0 Å². The molecule has 1 aromatic carbocycles. The number of benzene rings is 1. The van der Waals surface area contributed by atoms with Crippen molar-refractivity contribution in [3.8, 4) is 11.5 Å². The van der Waals surface area contributed by atoms with Crippen LogP contribution in [0.15, 0.2) is 30.5 Å². The molecule has 4 aromatic rings. The molecule has 1 unspecified atom stereocenters.